The molecule has 5 nitrogen and oxygen atoms in total. The SMILES string of the molecule is Nc1cc(C(F)(F)F)ccc1NC(=O)Cn1ccsc1=O. The Morgan fingerprint density at radius 3 is 2.62 bits per heavy atom. The monoisotopic (exact) mass is 317 g/mol. The van der Waals surface area contributed by atoms with Crippen LogP contribution in [0.3, 0.4) is 0 Å². The predicted molar refractivity (Wildman–Crippen MR) is 73.1 cm³/mol. The van der Waals surface area contributed by atoms with E-state index >= 15 is 0 Å². The number of aromatic nitrogens is 1. The molecule has 0 unspecified atom stereocenters. The molecule has 0 saturated heterocycles. The van der Waals surface area contributed by atoms with Crippen molar-refractivity contribution >= 4 is 28.6 Å². The first-order valence-electron chi connectivity index (χ1n) is 5.68. The van der Waals surface area contributed by atoms with Crippen LogP contribution in [0.25, 0.3) is 0 Å². The average Bonchev–Trinajstić information content (AvgIpc) is 2.76. The highest BCUT2D eigenvalue weighted by Crippen LogP contribution is 2.32. The number of carbonyl (C=O) groups is 1. The Kier molecular flexibility index (Phi) is 4.03. The van der Waals surface area contributed by atoms with Gasteiger partial charge in [0.1, 0.15) is 6.54 Å². The van der Waals surface area contributed by atoms with Crippen LogP contribution in [0.4, 0.5) is 24.5 Å². The summed E-state index contributed by atoms with van der Waals surface area (Å²) in [6, 6.07) is 2.64. The molecular formula is C12H10F3N3O2S. The lowest BCUT2D eigenvalue weighted by Crippen LogP contribution is -2.24. The number of alkyl halides is 3. The van der Waals surface area contributed by atoms with E-state index in [4.69, 9.17) is 5.73 Å². The number of nitrogens with two attached hydrogens (primary N) is 1. The Hall–Kier alpha value is -2.29. The fraction of sp³-hybridized carbons (Fsp3) is 0.167. The molecule has 0 bridgehead atoms. The van der Waals surface area contributed by atoms with Gasteiger partial charge in [-0.25, -0.2) is 0 Å². The van der Waals surface area contributed by atoms with Gasteiger partial charge in [-0.1, -0.05) is 11.3 Å². The summed E-state index contributed by atoms with van der Waals surface area (Å²) >= 11 is 0.938. The van der Waals surface area contributed by atoms with Crippen LogP contribution in [-0.4, -0.2) is 10.5 Å². The summed E-state index contributed by atoms with van der Waals surface area (Å²) in [5, 5.41) is 3.90. The predicted octanol–water partition coefficient (Wildman–Crippen LogP) is 2.15. The van der Waals surface area contributed by atoms with Gasteiger partial charge >= 0.3 is 11.0 Å². The van der Waals surface area contributed by atoms with E-state index in [9.17, 15) is 22.8 Å². The molecule has 0 aliphatic rings. The molecule has 0 spiro atoms. The topological polar surface area (TPSA) is 77.1 Å². The van der Waals surface area contributed by atoms with E-state index in [0.29, 0.717) is 0 Å². The Balaban J connectivity index is 2.11. The molecule has 0 aliphatic carbocycles. The second kappa shape index (κ2) is 5.60. The fourth-order valence-corrected chi connectivity index (χ4v) is 2.19. The maximum absolute atomic E-state index is 12.5. The number of nitrogens with zero attached hydrogens (tertiary/aromatic N) is 1. The number of benzene rings is 1. The summed E-state index contributed by atoms with van der Waals surface area (Å²) in [6.45, 7) is -0.233. The van der Waals surface area contributed by atoms with Crippen molar-refractivity contribution in [3.63, 3.8) is 0 Å². The lowest BCUT2D eigenvalue weighted by atomic mass is 10.1. The second-order valence-electron chi connectivity index (χ2n) is 4.14. The van der Waals surface area contributed by atoms with Crippen molar-refractivity contribution < 1.29 is 18.0 Å². The van der Waals surface area contributed by atoms with Crippen molar-refractivity contribution in [2.75, 3.05) is 11.1 Å². The summed E-state index contributed by atoms with van der Waals surface area (Å²) in [6.07, 6.45) is -3.05. The molecule has 0 aliphatic heterocycles. The molecule has 1 amide bonds. The summed E-state index contributed by atoms with van der Waals surface area (Å²) in [5.41, 5.74) is 4.46. The minimum atomic E-state index is -4.50. The van der Waals surface area contributed by atoms with Crippen LogP contribution in [0.2, 0.25) is 0 Å². The van der Waals surface area contributed by atoms with Crippen LogP contribution >= 0.6 is 11.3 Å². The van der Waals surface area contributed by atoms with Crippen LogP contribution in [-0.2, 0) is 17.5 Å². The van der Waals surface area contributed by atoms with Crippen LogP contribution < -0.4 is 15.9 Å². The van der Waals surface area contributed by atoms with Gasteiger partial charge in [0.05, 0.1) is 16.9 Å². The largest absolute Gasteiger partial charge is 0.416 e. The zero-order valence-electron chi connectivity index (χ0n) is 10.5. The lowest BCUT2D eigenvalue weighted by molar-refractivity contribution is -0.137. The smallest absolute Gasteiger partial charge is 0.397 e. The van der Waals surface area contributed by atoms with Gasteiger partial charge in [-0.15, -0.1) is 0 Å². The van der Waals surface area contributed by atoms with Gasteiger partial charge in [0.2, 0.25) is 5.91 Å². The number of thiazole rings is 1. The number of nitrogen functional groups attached to an aromatic ring is 1. The quantitative estimate of drug-likeness (QED) is 0.852. The fourth-order valence-electron chi connectivity index (χ4n) is 1.61. The Morgan fingerprint density at radius 1 is 1.38 bits per heavy atom. The molecule has 3 N–H and O–H groups in total. The maximum Gasteiger partial charge on any atom is 0.416 e. The summed E-state index contributed by atoms with van der Waals surface area (Å²) in [4.78, 5) is 22.7. The van der Waals surface area contributed by atoms with E-state index in [0.717, 1.165) is 29.5 Å². The van der Waals surface area contributed by atoms with Crippen LogP contribution in [0, 0.1) is 0 Å². The van der Waals surface area contributed by atoms with Gasteiger partial charge in [-0.2, -0.15) is 13.2 Å². The summed E-state index contributed by atoms with van der Waals surface area (Å²) in [5.74, 6) is -0.554. The van der Waals surface area contributed by atoms with Gasteiger partial charge in [-0.05, 0) is 18.2 Å². The Morgan fingerprint density at radius 2 is 2.10 bits per heavy atom. The van der Waals surface area contributed by atoms with E-state index in [-0.39, 0.29) is 22.8 Å². The number of nitrogens with one attached hydrogen (secondary N) is 1. The zero-order chi connectivity index (χ0) is 15.6. The van der Waals surface area contributed by atoms with Crippen LogP contribution in [0.15, 0.2) is 34.6 Å². The van der Waals surface area contributed by atoms with E-state index < -0.39 is 17.6 Å². The van der Waals surface area contributed by atoms with E-state index in [1.54, 1.807) is 0 Å². The molecule has 21 heavy (non-hydrogen) atoms. The first-order valence-corrected chi connectivity index (χ1v) is 6.56. The number of hydrogen-bond donors (Lipinski definition) is 2. The standard InChI is InChI=1S/C12H10F3N3O2S/c13-12(14,15)7-1-2-9(8(16)5-7)17-10(19)6-18-3-4-21-11(18)20/h1-5H,6,16H2,(H,17,19). The molecular weight excluding hydrogens is 307 g/mol. The number of carbonyl (C=O) groups excluding carboxylic acids is 1. The number of rotatable bonds is 3. The lowest BCUT2D eigenvalue weighted by Gasteiger charge is -2.12. The third kappa shape index (κ3) is 3.63. The number of anilines is 2. The third-order valence-electron chi connectivity index (χ3n) is 2.61. The minimum absolute atomic E-state index is 0.0660. The molecule has 1 aromatic carbocycles. The molecule has 1 heterocycles. The van der Waals surface area contributed by atoms with Crippen molar-refractivity contribution in [2.24, 2.45) is 0 Å². The van der Waals surface area contributed by atoms with Crippen molar-refractivity contribution in [2.45, 2.75) is 12.7 Å². The average molecular weight is 317 g/mol. The minimum Gasteiger partial charge on any atom is -0.397 e. The first-order chi connectivity index (χ1) is 9.77. The van der Waals surface area contributed by atoms with E-state index in [1.165, 1.54) is 16.1 Å². The molecule has 1 aromatic heterocycles. The molecule has 0 saturated carbocycles. The first kappa shape index (κ1) is 15.1. The highest BCUT2D eigenvalue weighted by Gasteiger charge is 2.30. The number of halogens is 3. The molecule has 112 valence electrons. The van der Waals surface area contributed by atoms with Crippen LogP contribution in [0.5, 0.6) is 0 Å². The van der Waals surface area contributed by atoms with Gasteiger partial charge in [0.25, 0.3) is 0 Å². The molecule has 2 rings (SSSR count). The second-order valence-corrected chi connectivity index (χ2v) is 5.00. The highest BCUT2D eigenvalue weighted by molar-refractivity contribution is 7.07. The van der Waals surface area contributed by atoms with Gasteiger partial charge in [-0.3, -0.25) is 14.2 Å². The van der Waals surface area contributed by atoms with E-state index in [2.05, 4.69) is 5.32 Å². The number of amides is 1. The molecule has 0 radical (unpaired) electrons. The van der Waals surface area contributed by atoms with Crippen molar-refractivity contribution in [3.05, 3.63) is 45.0 Å². The van der Waals surface area contributed by atoms with Crippen molar-refractivity contribution in [1.82, 2.24) is 4.57 Å². The van der Waals surface area contributed by atoms with E-state index in [1.807, 2.05) is 0 Å². The zero-order valence-corrected chi connectivity index (χ0v) is 11.3. The van der Waals surface area contributed by atoms with Crippen molar-refractivity contribution in [3.8, 4) is 0 Å². The maximum atomic E-state index is 12.5. The Labute approximate surface area is 120 Å². The molecule has 0 atom stereocenters. The van der Waals surface area contributed by atoms with Gasteiger partial charge < -0.3 is 11.1 Å². The normalized spacial score (nSPS) is 11.4. The summed E-state index contributed by atoms with van der Waals surface area (Å²) in [7, 11) is 0. The van der Waals surface area contributed by atoms with Crippen LogP contribution in [0.1, 0.15) is 5.56 Å². The summed E-state index contributed by atoms with van der Waals surface area (Å²) < 4.78 is 38.6. The molecule has 2 aromatic rings. The highest BCUT2D eigenvalue weighted by atomic mass is 32.1. The molecule has 0 fully saturated rings. The molecule has 9 heteroatoms. The van der Waals surface area contributed by atoms with Gasteiger partial charge in [0.15, 0.2) is 0 Å². The van der Waals surface area contributed by atoms with Crippen molar-refractivity contribution in [1.29, 1.82) is 0 Å². The third-order valence-corrected chi connectivity index (χ3v) is 3.31. The Bertz CT molecular complexity index is 721. The van der Waals surface area contributed by atoms with Gasteiger partial charge in [0, 0.05) is 11.6 Å². The number of hydrogen-bond acceptors (Lipinski definition) is 4.